The van der Waals surface area contributed by atoms with Crippen molar-refractivity contribution >= 4 is 17.2 Å². The number of carbonyl (C=O) groups excluding carboxylic acids is 1. The van der Waals surface area contributed by atoms with Gasteiger partial charge in [-0.2, -0.15) is 0 Å². The summed E-state index contributed by atoms with van der Waals surface area (Å²) in [6.45, 7) is 5.05. The van der Waals surface area contributed by atoms with Crippen LogP contribution in [0.4, 0.5) is 0 Å². The highest BCUT2D eigenvalue weighted by molar-refractivity contribution is 7.14. The predicted octanol–water partition coefficient (Wildman–Crippen LogP) is 1.04. The molecule has 0 fully saturated rings. The Labute approximate surface area is 119 Å². The standard InChI is InChI=1S/C13H24N4OS/c1-10-11(8-12(19-10)13(18)15-14)9-17(4)7-5-6-16(2)3/h8H,5-7,9,14H2,1-4H3,(H,15,18). The number of nitrogens with two attached hydrogens (primary N) is 1. The lowest BCUT2D eigenvalue weighted by atomic mass is 10.2. The summed E-state index contributed by atoms with van der Waals surface area (Å²) in [7, 11) is 6.27. The van der Waals surface area contributed by atoms with Crippen LogP contribution in [0.3, 0.4) is 0 Å². The maximum Gasteiger partial charge on any atom is 0.275 e. The van der Waals surface area contributed by atoms with Crippen LogP contribution in [-0.4, -0.2) is 49.9 Å². The van der Waals surface area contributed by atoms with Gasteiger partial charge in [-0.15, -0.1) is 11.3 Å². The Hall–Kier alpha value is -0.950. The third kappa shape index (κ3) is 5.28. The number of hydrogen-bond acceptors (Lipinski definition) is 5. The molecule has 0 radical (unpaired) electrons. The van der Waals surface area contributed by atoms with Crippen LogP contribution in [0.1, 0.15) is 26.5 Å². The molecule has 1 aromatic heterocycles. The van der Waals surface area contributed by atoms with Crippen molar-refractivity contribution < 1.29 is 4.79 Å². The molecule has 19 heavy (non-hydrogen) atoms. The first-order valence-corrected chi connectivity index (χ1v) is 7.19. The fourth-order valence-electron chi connectivity index (χ4n) is 1.89. The van der Waals surface area contributed by atoms with Crippen molar-refractivity contribution in [2.75, 3.05) is 34.2 Å². The molecule has 0 saturated carbocycles. The Morgan fingerprint density at radius 1 is 1.37 bits per heavy atom. The summed E-state index contributed by atoms with van der Waals surface area (Å²) >= 11 is 1.49. The molecule has 0 aliphatic rings. The van der Waals surface area contributed by atoms with E-state index in [-0.39, 0.29) is 5.91 Å². The van der Waals surface area contributed by atoms with E-state index >= 15 is 0 Å². The van der Waals surface area contributed by atoms with Crippen molar-refractivity contribution in [2.24, 2.45) is 5.84 Å². The van der Waals surface area contributed by atoms with Gasteiger partial charge in [0.2, 0.25) is 0 Å². The monoisotopic (exact) mass is 284 g/mol. The largest absolute Gasteiger partial charge is 0.309 e. The third-order valence-electron chi connectivity index (χ3n) is 2.96. The Balaban J connectivity index is 2.52. The summed E-state index contributed by atoms with van der Waals surface area (Å²) in [6, 6.07) is 1.94. The predicted molar refractivity (Wildman–Crippen MR) is 80.2 cm³/mol. The van der Waals surface area contributed by atoms with E-state index in [1.807, 2.05) is 13.0 Å². The molecule has 0 saturated heterocycles. The smallest absolute Gasteiger partial charge is 0.275 e. The van der Waals surface area contributed by atoms with Crippen molar-refractivity contribution in [1.82, 2.24) is 15.2 Å². The lowest BCUT2D eigenvalue weighted by Crippen LogP contribution is -2.29. The van der Waals surface area contributed by atoms with Crippen LogP contribution in [0.25, 0.3) is 0 Å². The maximum atomic E-state index is 11.5. The summed E-state index contributed by atoms with van der Waals surface area (Å²) < 4.78 is 0. The topological polar surface area (TPSA) is 61.6 Å². The van der Waals surface area contributed by atoms with E-state index in [9.17, 15) is 4.79 Å². The fraction of sp³-hybridized carbons (Fsp3) is 0.615. The van der Waals surface area contributed by atoms with Crippen LogP contribution in [0, 0.1) is 6.92 Å². The van der Waals surface area contributed by atoms with Crippen LogP contribution in [-0.2, 0) is 6.54 Å². The van der Waals surface area contributed by atoms with Gasteiger partial charge in [-0.3, -0.25) is 10.2 Å². The molecule has 3 N–H and O–H groups in total. The molecule has 1 heterocycles. The van der Waals surface area contributed by atoms with Gasteiger partial charge in [-0.1, -0.05) is 0 Å². The number of hydrazine groups is 1. The van der Waals surface area contributed by atoms with Gasteiger partial charge in [-0.05, 0) is 59.2 Å². The number of hydrogen-bond donors (Lipinski definition) is 2. The second-order valence-corrected chi connectivity index (χ2v) is 6.32. The molecule has 0 aliphatic heterocycles. The zero-order valence-electron chi connectivity index (χ0n) is 12.2. The zero-order valence-corrected chi connectivity index (χ0v) is 13.0. The van der Waals surface area contributed by atoms with Gasteiger partial charge in [0, 0.05) is 11.4 Å². The van der Waals surface area contributed by atoms with Crippen molar-refractivity contribution in [2.45, 2.75) is 19.9 Å². The molecule has 0 aromatic carbocycles. The first-order chi connectivity index (χ1) is 8.93. The summed E-state index contributed by atoms with van der Waals surface area (Å²) in [5.41, 5.74) is 3.38. The van der Waals surface area contributed by atoms with Crippen LogP contribution >= 0.6 is 11.3 Å². The Kier molecular flexibility index (Phi) is 6.44. The van der Waals surface area contributed by atoms with Gasteiger partial charge >= 0.3 is 0 Å². The molecule has 5 nitrogen and oxygen atoms in total. The maximum absolute atomic E-state index is 11.5. The highest BCUT2D eigenvalue weighted by Gasteiger charge is 2.12. The summed E-state index contributed by atoms with van der Waals surface area (Å²) in [6.07, 6.45) is 1.14. The number of nitrogens with zero attached hydrogens (tertiary/aromatic N) is 2. The molecule has 108 valence electrons. The first-order valence-electron chi connectivity index (χ1n) is 6.37. The average Bonchev–Trinajstić information content (AvgIpc) is 2.69. The quantitative estimate of drug-likeness (QED) is 0.446. The minimum atomic E-state index is -0.213. The van der Waals surface area contributed by atoms with Gasteiger partial charge in [0.15, 0.2) is 0 Å². The average molecular weight is 284 g/mol. The highest BCUT2D eigenvalue weighted by Crippen LogP contribution is 2.22. The number of nitrogen functional groups attached to an aromatic ring is 1. The number of amides is 1. The van der Waals surface area contributed by atoms with E-state index in [4.69, 9.17) is 5.84 Å². The van der Waals surface area contributed by atoms with Crippen molar-refractivity contribution in [3.05, 3.63) is 21.4 Å². The van der Waals surface area contributed by atoms with Crippen LogP contribution in [0.15, 0.2) is 6.07 Å². The van der Waals surface area contributed by atoms with Gasteiger partial charge in [-0.25, -0.2) is 5.84 Å². The molecule has 0 bridgehead atoms. The molecule has 0 unspecified atom stereocenters. The second kappa shape index (κ2) is 7.59. The minimum Gasteiger partial charge on any atom is -0.309 e. The minimum absolute atomic E-state index is 0.213. The van der Waals surface area contributed by atoms with Gasteiger partial charge in [0.05, 0.1) is 4.88 Å². The first kappa shape index (κ1) is 16.1. The molecule has 1 rings (SSSR count). The fourth-order valence-corrected chi connectivity index (χ4v) is 2.82. The van der Waals surface area contributed by atoms with Crippen molar-refractivity contribution in [1.29, 1.82) is 0 Å². The lowest BCUT2D eigenvalue weighted by molar-refractivity contribution is 0.0957. The van der Waals surface area contributed by atoms with Gasteiger partial charge in [0.1, 0.15) is 0 Å². The van der Waals surface area contributed by atoms with Crippen molar-refractivity contribution in [3.8, 4) is 0 Å². The molecule has 0 aliphatic carbocycles. The van der Waals surface area contributed by atoms with E-state index in [0.717, 1.165) is 26.1 Å². The summed E-state index contributed by atoms with van der Waals surface area (Å²) in [5, 5.41) is 0. The highest BCUT2D eigenvalue weighted by atomic mass is 32.1. The van der Waals surface area contributed by atoms with E-state index < -0.39 is 0 Å². The normalized spacial score (nSPS) is 11.3. The molecule has 1 amide bonds. The van der Waals surface area contributed by atoms with Crippen LogP contribution in [0.5, 0.6) is 0 Å². The Morgan fingerprint density at radius 3 is 2.63 bits per heavy atom. The second-order valence-electron chi connectivity index (χ2n) is 5.06. The molecule has 0 atom stereocenters. The number of rotatable bonds is 7. The molecule has 0 spiro atoms. The van der Waals surface area contributed by atoms with E-state index in [0.29, 0.717) is 4.88 Å². The van der Waals surface area contributed by atoms with E-state index in [2.05, 4.69) is 36.4 Å². The Morgan fingerprint density at radius 2 is 2.05 bits per heavy atom. The van der Waals surface area contributed by atoms with Crippen molar-refractivity contribution in [3.63, 3.8) is 0 Å². The van der Waals surface area contributed by atoms with E-state index in [1.165, 1.54) is 21.8 Å². The zero-order chi connectivity index (χ0) is 14.4. The molecular formula is C13H24N4OS. The molecule has 1 aromatic rings. The van der Waals surface area contributed by atoms with Gasteiger partial charge < -0.3 is 9.80 Å². The molecule has 6 heteroatoms. The number of aryl methyl sites for hydroxylation is 1. The van der Waals surface area contributed by atoms with Gasteiger partial charge in [0.25, 0.3) is 5.91 Å². The van der Waals surface area contributed by atoms with Crippen LogP contribution < -0.4 is 11.3 Å². The lowest BCUT2D eigenvalue weighted by Gasteiger charge is -2.18. The summed E-state index contributed by atoms with van der Waals surface area (Å²) in [4.78, 5) is 17.8. The summed E-state index contributed by atoms with van der Waals surface area (Å²) in [5.74, 6) is 4.94. The number of carbonyl (C=O) groups is 1. The molecular weight excluding hydrogens is 260 g/mol. The SMILES string of the molecule is Cc1sc(C(=O)NN)cc1CN(C)CCCN(C)C. The Bertz CT molecular complexity index is 417. The van der Waals surface area contributed by atoms with Crippen LogP contribution in [0.2, 0.25) is 0 Å². The number of thiophene rings is 1. The third-order valence-corrected chi connectivity index (χ3v) is 4.05. The van der Waals surface area contributed by atoms with E-state index in [1.54, 1.807) is 0 Å². The number of nitrogens with one attached hydrogen (secondary N) is 1.